The molecule has 4 aromatic rings. The summed E-state index contributed by atoms with van der Waals surface area (Å²) in [5, 5.41) is 17.7. The van der Waals surface area contributed by atoms with Crippen LogP contribution in [0.25, 0.3) is 22.0 Å². The molecule has 1 spiro atoms. The highest BCUT2D eigenvalue weighted by Crippen LogP contribution is 2.59. The number of rotatable bonds is 8. The van der Waals surface area contributed by atoms with E-state index in [1.807, 2.05) is 35.0 Å². The van der Waals surface area contributed by atoms with Gasteiger partial charge in [0, 0.05) is 12.5 Å². The van der Waals surface area contributed by atoms with Gasteiger partial charge in [0.05, 0.1) is 36.3 Å². The summed E-state index contributed by atoms with van der Waals surface area (Å²) < 4.78 is 7.43. The molecular weight excluding hydrogens is 478 g/mol. The number of hydrogen-bond acceptors (Lipinski definition) is 4. The molecule has 7 heteroatoms. The van der Waals surface area contributed by atoms with Gasteiger partial charge in [-0.3, -0.25) is 14.3 Å². The second kappa shape index (κ2) is 9.63. The SMILES string of the molecule is COc1ccc(C(=O)NC2CC3(CC(CC(=O)O)C3)C2)c2c1cnn2Cc1ccc(-c2ccccc2)cc1. The molecular formula is C31H31N3O4. The Morgan fingerprint density at radius 2 is 1.71 bits per heavy atom. The van der Waals surface area contributed by atoms with Crippen molar-refractivity contribution < 1.29 is 19.4 Å². The number of aromatic nitrogens is 2. The maximum Gasteiger partial charge on any atom is 0.303 e. The molecule has 0 unspecified atom stereocenters. The molecule has 0 saturated heterocycles. The molecule has 1 aromatic heterocycles. The van der Waals surface area contributed by atoms with Crippen LogP contribution < -0.4 is 10.1 Å². The zero-order valence-electron chi connectivity index (χ0n) is 21.4. The number of aliphatic carboxylic acids is 1. The Morgan fingerprint density at radius 1 is 1.00 bits per heavy atom. The second-order valence-corrected chi connectivity index (χ2v) is 10.9. The van der Waals surface area contributed by atoms with Gasteiger partial charge in [0.25, 0.3) is 5.91 Å². The van der Waals surface area contributed by atoms with Crippen LogP contribution >= 0.6 is 0 Å². The largest absolute Gasteiger partial charge is 0.496 e. The molecule has 2 aliphatic rings. The molecule has 0 bridgehead atoms. The van der Waals surface area contributed by atoms with E-state index < -0.39 is 5.97 Å². The van der Waals surface area contributed by atoms with E-state index in [2.05, 4.69) is 46.8 Å². The summed E-state index contributed by atoms with van der Waals surface area (Å²) in [4.78, 5) is 24.4. The Kier molecular flexibility index (Phi) is 6.14. The van der Waals surface area contributed by atoms with Gasteiger partial charge in [-0.25, -0.2) is 0 Å². The number of hydrogen-bond donors (Lipinski definition) is 2. The highest BCUT2D eigenvalue weighted by Gasteiger charge is 2.53. The quantitative estimate of drug-likeness (QED) is 0.326. The number of ether oxygens (including phenoxy) is 1. The first kappa shape index (κ1) is 24.2. The minimum Gasteiger partial charge on any atom is -0.496 e. The summed E-state index contributed by atoms with van der Waals surface area (Å²) in [6.45, 7) is 0.531. The van der Waals surface area contributed by atoms with E-state index in [1.165, 1.54) is 5.56 Å². The van der Waals surface area contributed by atoms with Crippen molar-refractivity contribution in [1.82, 2.24) is 15.1 Å². The molecule has 2 fully saturated rings. The molecule has 1 amide bonds. The number of carbonyl (C=O) groups excluding carboxylic acids is 1. The van der Waals surface area contributed by atoms with Gasteiger partial charge in [-0.2, -0.15) is 5.10 Å². The van der Waals surface area contributed by atoms with E-state index in [0.29, 0.717) is 17.9 Å². The van der Waals surface area contributed by atoms with E-state index in [1.54, 1.807) is 13.3 Å². The summed E-state index contributed by atoms with van der Waals surface area (Å²) in [6, 6.07) is 22.4. The van der Waals surface area contributed by atoms with Crippen LogP contribution in [0.15, 0.2) is 72.9 Å². The molecule has 2 saturated carbocycles. The van der Waals surface area contributed by atoms with Crippen molar-refractivity contribution in [2.45, 2.75) is 44.7 Å². The lowest BCUT2D eigenvalue weighted by Crippen LogP contribution is -2.56. The standard InChI is InChI=1S/C31H31N3O4/c1-38-27-12-11-25(30(37)33-24-16-31(17-24)14-21(15-31)13-28(35)36)29-26(27)18-32-34(29)19-20-7-9-23(10-8-20)22-5-3-2-4-6-22/h2-12,18,21,24H,13-17,19H2,1H3,(H,33,37)(H,35,36). The molecule has 2 N–H and O–H groups in total. The number of carboxylic acid groups (broad SMARTS) is 1. The van der Waals surface area contributed by atoms with E-state index in [-0.39, 0.29) is 29.7 Å². The minimum atomic E-state index is -0.721. The van der Waals surface area contributed by atoms with Crippen molar-refractivity contribution in [1.29, 1.82) is 0 Å². The third-order valence-corrected chi connectivity index (χ3v) is 8.22. The summed E-state index contributed by atoms with van der Waals surface area (Å²) in [5.74, 6) is 0.131. The summed E-state index contributed by atoms with van der Waals surface area (Å²) in [6.07, 6.45) is 5.76. The van der Waals surface area contributed by atoms with Crippen LogP contribution in [0.3, 0.4) is 0 Å². The molecule has 2 aliphatic carbocycles. The van der Waals surface area contributed by atoms with Crippen LogP contribution in [0, 0.1) is 11.3 Å². The van der Waals surface area contributed by atoms with E-state index in [4.69, 9.17) is 9.84 Å². The zero-order valence-corrected chi connectivity index (χ0v) is 21.4. The van der Waals surface area contributed by atoms with Gasteiger partial charge < -0.3 is 15.2 Å². The first-order chi connectivity index (χ1) is 18.4. The maximum absolute atomic E-state index is 13.4. The number of benzene rings is 3. The van der Waals surface area contributed by atoms with Crippen LogP contribution in [0.1, 0.15) is 48.0 Å². The normalized spacial score (nSPS) is 22.0. The lowest BCUT2D eigenvalue weighted by molar-refractivity contribution is -0.142. The Bertz CT molecular complexity index is 1480. The number of fused-ring (bicyclic) bond motifs is 1. The molecule has 7 nitrogen and oxygen atoms in total. The Morgan fingerprint density at radius 3 is 2.39 bits per heavy atom. The molecule has 0 aliphatic heterocycles. The highest BCUT2D eigenvalue weighted by atomic mass is 16.5. The summed E-state index contributed by atoms with van der Waals surface area (Å²) in [5.41, 5.74) is 4.97. The average molecular weight is 510 g/mol. The van der Waals surface area contributed by atoms with Gasteiger partial charge in [0.1, 0.15) is 5.75 Å². The monoisotopic (exact) mass is 509 g/mol. The summed E-state index contributed by atoms with van der Waals surface area (Å²) >= 11 is 0. The van der Waals surface area contributed by atoms with Gasteiger partial charge in [0.15, 0.2) is 0 Å². The van der Waals surface area contributed by atoms with Crippen molar-refractivity contribution in [3.63, 3.8) is 0 Å². The molecule has 6 rings (SSSR count). The molecule has 38 heavy (non-hydrogen) atoms. The fourth-order valence-electron chi connectivity index (χ4n) is 6.51. The molecule has 3 aromatic carbocycles. The lowest BCUT2D eigenvalue weighted by Gasteiger charge is -2.57. The average Bonchev–Trinajstić information content (AvgIpc) is 3.30. The number of carboxylic acids is 1. The Labute approximate surface area is 221 Å². The fraction of sp³-hybridized carbons (Fsp3) is 0.323. The van der Waals surface area contributed by atoms with E-state index >= 15 is 0 Å². The molecule has 0 radical (unpaired) electrons. The number of methoxy groups -OCH3 is 1. The third kappa shape index (κ3) is 4.53. The predicted molar refractivity (Wildman–Crippen MR) is 145 cm³/mol. The third-order valence-electron chi connectivity index (χ3n) is 8.22. The van der Waals surface area contributed by atoms with Crippen molar-refractivity contribution in [3.05, 3.63) is 84.1 Å². The smallest absolute Gasteiger partial charge is 0.303 e. The van der Waals surface area contributed by atoms with Crippen LogP contribution in [0.4, 0.5) is 0 Å². The number of nitrogens with zero attached hydrogens (tertiary/aromatic N) is 2. The maximum atomic E-state index is 13.4. The van der Waals surface area contributed by atoms with Crippen LogP contribution in [-0.4, -0.2) is 39.9 Å². The molecule has 1 heterocycles. The first-order valence-corrected chi connectivity index (χ1v) is 13.1. The van der Waals surface area contributed by atoms with Gasteiger partial charge in [-0.1, -0.05) is 54.6 Å². The van der Waals surface area contributed by atoms with Crippen LogP contribution in [-0.2, 0) is 11.3 Å². The number of amides is 1. The van der Waals surface area contributed by atoms with Crippen molar-refractivity contribution in [2.75, 3.05) is 7.11 Å². The van der Waals surface area contributed by atoms with Crippen molar-refractivity contribution >= 4 is 22.8 Å². The zero-order chi connectivity index (χ0) is 26.3. The fourth-order valence-corrected chi connectivity index (χ4v) is 6.51. The topological polar surface area (TPSA) is 93.4 Å². The number of nitrogens with one attached hydrogen (secondary N) is 1. The molecule has 0 atom stereocenters. The first-order valence-electron chi connectivity index (χ1n) is 13.1. The van der Waals surface area contributed by atoms with E-state index in [9.17, 15) is 9.59 Å². The van der Waals surface area contributed by atoms with Crippen LogP contribution in [0.5, 0.6) is 5.75 Å². The lowest BCUT2D eigenvalue weighted by atomic mass is 9.49. The summed E-state index contributed by atoms with van der Waals surface area (Å²) in [7, 11) is 1.62. The van der Waals surface area contributed by atoms with E-state index in [0.717, 1.165) is 47.7 Å². The van der Waals surface area contributed by atoms with Crippen molar-refractivity contribution in [2.24, 2.45) is 11.3 Å². The molecule has 194 valence electrons. The Hall–Kier alpha value is -4.13. The minimum absolute atomic E-state index is 0.111. The predicted octanol–water partition coefficient (Wildman–Crippen LogP) is 5.52. The number of carbonyl (C=O) groups is 2. The van der Waals surface area contributed by atoms with Crippen molar-refractivity contribution in [3.8, 4) is 16.9 Å². The van der Waals surface area contributed by atoms with Gasteiger partial charge in [0.2, 0.25) is 0 Å². The van der Waals surface area contributed by atoms with Crippen LogP contribution in [0.2, 0.25) is 0 Å². The Balaban J connectivity index is 1.19. The second-order valence-electron chi connectivity index (χ2n) is 10.9. The van der Waals surface area contributed by atoms with Gasteiger partial charge in [-0.15, -0.1) is 0 Å². The van der Waals surface area contributed by atoms with Gasteiger partial charge >= 0.3 is 5.97 Å². The highest BCUT2D eigenvalue weighted by molar-refractivity contribution is 6.07. The van der Waals surface area contributed by atoms with Gasteiger partial charge in [-0.05, 0) is 65.8 Å².